The maximum absolute atomic E-state index is 13.8. The number of fused-ring (bicyclic) bond motifs is 4. The zero-order valence-electron chi connectivity index (χ0n) is 23.2. The number of alkyl carbamates (subject to hydrolysis) is 1. The number of carboxylic acids is 1. The van der Waals surface area contributed by atoms with Crippen LogP contribution in [-0.4, -0.2) is 70.8 Å². The van der Waals surface area contributed by atoms with Crippen molar-refractivity contribution < 1.29 is 33.8 Å². The van der Waals surface area contributed by atoms with Crippen molar-refractivity contribution in [3.05, 3.63) is 48.0 Å². The lowest BCUT2D eigenvalue weighted by Crippen LogP contribution is -2.56. The van der Waals surface area contributed by atoms with Crippen LogP contribution in [0, 0.1) is 5.92 Å². The van der Waals surface area contributed by atoms with Crippen LogP contribution in [0.3, 0.4) is 0 Å². The molecule has 3 N–H and O–H groups in total. The van der Waals surface area contributed by atoms with Crippen molar-refractivity contribution >= 4 is 23.9 Å². The SMILES string of the molecule is C=CC1C[C@]1(NC(=O)[C@@H]1C[C@@H]2CN1C(=O)[C@H](CCCC)NC(=O)OCCCCCc1cccc(c1)CO2)C(=O)O. The van der Waals surface area contributed by atoms with Crippen LogP contribution in [0.1, 0.15) is 69.4 Å². The van der Waals surface area contributed by atoms with Crippen LogP contribution in [0.15, 0.2) is 36.9 Å². The number of unbranched alkanes of at least 4 members (excludes halogenated alkanes) is 1. The predicted octanol–water partition coefficient (Wildman–Crippen LogP) is 3.33. The highest BCUT2D eigenvalue weighted by Crippen LogP contribution is 2.45. The fourth-order valence-corrected chi connectivity index (χ4v) is 5.64. The number of hydrogen-bond acceptors (Lipinski definition) is 6. The van der Waals surface area contributed by atoms with Gasteiger partial charge in [0.1, 0.15) is 17.6 Å². The molecular formula is C30H41N3O7. The molecule has 218 valence electrons. The Labute approximate surface area is 235 Å². The van der Waals surface area contributed by atoms with E-state index in [1.165, 1.54) is 16.5 Å². The number of nitrogens with zero attached hydrogens (tertiary/aromatic N) is 1. The van der Waals surface area contributed by atoms with Crippen molar-refractivity contribution in [2.24, 2.45) is 5.92 Å². The number of hydrogen-bond donors (Lipinski definition) is 3. The Balaban J connectivity index is 1.58. The first kappa shape index (κ1) is 29.6. The molecule has 1 aromatic rings. The number of amides is 3. The molecule has 10 nitrogen and oxygen atoms in total. The summed E-state index contributed by atoms with van der Waals surface area (Å²) in [4.78, 5) is 53.4. The Morgan fingerprint density at radius 2 is 2.05 bits per heavy atom. The second-order valence-corrected chi connectivity index (χ2v) is 11.1. The molecule has 1 aliphatic carbocycles. The number of rotatable bonds is 7. The monoisotopic (exact) mass is 555 g/mol. The normalized spacial score (nSPS) is 29.4. The number of benzene rings is 1. The number of carbonyl (C=O) groups is 4. The molecule has 3 amide bonds. The molecular weight excluding hydrogens is 514 g/mol. The smallest absolute Gasteiger partial charge is 0.407 e. The minimum Gasteiger partial charge on any atom is -0.479 e. The molecule has 1 saturated heterocycles. The van der Waals surface area contributed by atoms with Gasteiger partial charge in [-0.25, -0.2) is 9.59 Å². The van der Waals surface area contributed by atoms with Crippen LogP contribution in [0.2, 0.25) is 0 Å². The average molecular weight is 556 g/mol. The molecule has 2 fully saturated rings. The summed E-state index contributed by atoms with van der Waals surface area (Å²) in [5.41, 5.74) is 0.792. The van der Waals surface area contributed by atoms with Gasteiger partial charge in [-0.2, -0.15) is 0 Å². The molecule has 0 radical (unpaired) electrons. The van der Waals surface area contributed by atoms with Crippen LogP contribution in [0.4, 0.5) is 4.79 Å². The largest absolute Gasteiger partial charge is 0.479 e. The number of ether oxygens (including phenoxy) is 2. The third kappa shape index (κ3) is 7.02. The molecule has 3 aliphatic rings. The van der Waals surface area contributed by atoms with Gasteiger partial charge in [0.2, 0.25) is 11.8 Å². The molecule has 5 atom stereocenters. The van der Waals surface area contributed by atoms with Crippen molar-refractivity contribution in [1.29, 1.82) is 0 Å². The minimum atomic E-state index is -1.41. The summed E-state index contributed by atoms with van der Waals surface area (Å²) in [5, 5.41) is 15.2. The number of carboxylic acid groups (broad SMARTS) is 1. The van der Waals surface area contributed by atoms with Gasteiger partial charge in [-0.15, -0.1) is 6.58 Å². The Kier molecular flexibility index (Phi) is 9.84. The third-order valence-corrected chi connectivity index (χ3v) is 8.13. The standard InChI is InChI=1S/C30H41N3O7/c1-3-5-13-24-27(35)33-18-23(16-25(33)26(34)32-30(28(36)37)17-22(30)4-2)40-19-21-12-9-11-20(15-21)10-7-6-8-14-39-29(38)31-24/h4,9,11-12,15,22-25H,2-3,5-8,10,13-14,16-19H2,1H3,(H,31,38)(H,32,34)(H,36,37)/t22?,23-,24+,25+,30-/m1/s1. The van der Waals surface area contributed by atoms with E-state index < -0.39 is 47.6 Å². The van der Waals surface area contributed by atoms with Gasteiger partial charge in [0.25, 0.3) is 0 Å². The van der Waals surface area contributed by atoms with Crippen LogP contribution < -0.4 is 10.6 Å². The first-order valence-corrected chi connectivity index (χ1v) is 14.4. The Hall–Kier alpha value is -3.40. The predicted molar refractivity (Wildman–Crippen MR) is 147 cm³/mol. The zero-order chi connectivity index (χ0) is 28.7. The molecule has 0 spiro atoms. The lowest BCUT2D eigenvalue weighted by molar-refractivity contribution is -0.145. The van der Waals surface area contributed by atoms with E-state index in [2.05, 4.69) is 29.3 Å². The van der Waals surface area contributed by atoms with Gasteiger partial charge in [0.15, 0.2) is 0 Å². The second-order valence-electron chi connectivity index (χ2n) is 11.1. The zero-order valence-corrected chi connectivity index (χ0v) is 23.2. The number of carbonyl (C=O) groups excluding carboxylic acids is 3. The number of aliphatic carboxylic acids is 1. The second kappa shape index (κ2) is 13.3. The summed E-state index contributed by atoms with van der Waals surface area (Å²) >= 11 is 0. The highest BCUT2D eigenvalue weighted by Gasteiger charge is 2.61. The summed E-state index contributed by atoms with van der Waals surface area (Å²) in [5.74, 6) is -2.46. The number of cyclic esters (lactones) is 1. The van der Waals surface area contributed by atoms with Gasteiger partial charge in [0, 0.05) is 18.9 Å². The lowest BCUT2D eigenvalue weighted by atomic mass is 10.0. The van der Waals surface area contributed by atoms with Crippen molar-refractivity contribution in [2.45, 2.75) is 95.0 Å². The van der Waals surface area contributed by atoms with Crippen LogP contribution in [0.5, 0.6) is 0 Å². The number of aryl methyl sites for hydroxylation is 1. The molecule has 4 rings (SSSR count). The topological polar surface area (TPSA) is 134 Å². The van der Waals surface area contributed by atoms with Gasteiger partial charge in [-0.1, -0.05) is 50.1 Å². The van der Waals surface area contributed by atoms with Crippen molar-refractivity contribution in [3.63, 3.8) is 0 Å². The van der Waals surface area contributed by atoms with E-state index in [-0.39, 0.29) is 31.9 Å². The van der Waals surface area contributed by atoms with Crippen LogP contribution in [-0.2, 0) is 36.9 Å². The summed E-state index contributed by atoms with van der Waals surface area (Å²) in [6.07, 6.45) is 6.31. The summed E-state index contributed by atoms with van der Waals surface area (Å²) in [6, 6.07) is 6.37. The summed E-state index contributed by atoms with van der Waals surface area (Å²) in [6.45, 7) is 6.41. The first-order chi connectivity index (χ1) is 19.3. The molecule has 1 aromatic carbocycles. The molecule has 0 aromatic heterocycles. The molecule has 2 heterocycles. The van der Waals surface area contributed by atoms with E-state index in [9.17, 15) is 24.3 Å². The molecule has 40 heavy (non-hydrogen) atoms. The van der Waals surface area contributed by atoms with Crippen molar-refractivity contribution in [1.82, 2.24) is 15.5 Å². The van der Waals surface area contributed by atoms with Gasteiger partial charge in [-0.3, -0.25) is 9.59 Å². The maximum atomic E-state index is 13.8. The molecule has 4 bridgehead atoms. The van der Waals surface area contributed by atoms with Gasteiger partial charge in [0.05, 0.1) is 19.3 Å². The van der Waals surface area contributed by atoms with E-state index in [0.29, 0.717) is 19.4 Å². The average Bonchev–Trinajstić information content (AvgIpc) is 3.49. The van der Waals surface area contributed by atoms with E-state index in [4.69, 9.17) is 9.47 Å². The molecule has 1 saturated carbocycles. The molecule has 10 heteroatoms. The van der Waals surface area contributed by atoms with Crippen LogP contribution in [0.25, 0.3) is 0 Å². The lowest BCUT2D eigenvalue weighted by Gasteiger charge is -2.29. The maximum Gasteiger partial charge on any atom is 0.407 e. The van der Waals surface area contributed by atoms with Gasteiger partial charge in [-0.05, 0) is 49.7 Å². The summed E-state index contributed by atoms with van der Waals surface area (Å²) < 4.78 is 11.6. The van der Waals surface area contributed by atoms with Crippen LogP contribution >= 0.6 is 0 Å². The fraction of sp³-hybridized carbons (Fsp3) is 0.600. The quantitative estimate of drug-likeness (QED) is 0.440. The van der Waals surface area contributed by atoms with Gasteiger partial charge >= 0.3 is 12.1 Å². The van der Waals surface area contributed by atoms with E-state index in [1.54, 1.807) is 0 Å². The summed E-state index contributed by atoms with van der Waals surface area (Å²) in [7, 11) is 0. The Morgan fingerprint density at radius 1 is 1.25 bits per heavy atom. The highest BCUT2D eigenvalue weighted by molar-refractivity contribution is 5.96. The highest BCUT2D eigenvalue weighted by atomic mass is 16.5. The van der Waals surface area contributed by atoms with E-state index in [1.807, 2.05) is 19.1 Å². The third-order valence-electron chi connectivity index (χ3n) is 8.13. The Morgan fingerprint density at radius 3 is 2.77 bits per heavy atom. The van der Waals surface area contributed by atoms with Gasteiger partial charge < -0.3 is 30.1 Å². The number of nitrogens with one attached hydrogen (secondary N) is 2. The first-order valence-electron chi connectivity index (χ1n) is 14.4. The van der Waals surface area contributed by atoms with Crippen molar-refractivity contribution in [2.75, 3.05) is 13.2 Å². The van der Waals surface area contributed by atoms with E-state index >= 15 is 0 Å². The molecule has 2 aliphatic heterocycles. The van der Waals surface area contributed by atoms with Crippen molar-refractivity contribution in [3.8, 4) is 0 Å². The molecule has 1 unspecified atom stereocenters. The van der Waals surface area contributed by atoms with E-state index in [0.717, 1.165) is 37.7 Å². The Bertz CT molecular complexity index is 1110. The minimum absolute atomic E-state index is 0.154. The fourth-order valence-electron chi connectivity index (χ4n) is 5.64.